The van der Waals surface area contributed by atoms with Gasteiger partial charge in [-0.15, -0.1) is 0 Å². The number of carboxylic acid groups (broad SMARTS) is 1. The Morgan fingerprint density at radius 1 is 1.40 bits per heavy atom. The van der Waals surface area contributed by atoms with Crippen molar-refractivity contribution in [3.05, 3.63) is 0 Å². The lowest BCUT2D eigenvalue weighted by Gasteiger charge is -2.09. The molecule has 1 atom stereocenters. The second-order valence-electron chi connectivity index (χ2n) is 3.16. The van der Waals surface area contributed by atoms with Gasteiger partial charge in [-0.25, -0.2) is 0 Å². The summed E-state index contributed by atoms with van der Waals surface area (Å²) in [4.78, 5) is 21.1. The van der Waals surface area contributed by atoms with Crippen LogP contribution in [0.5, 0.6) is 0 Å². The highest BCUT2D eigenvalue weighted by molar-refractivity contribution is 5.77. The Bertz CT molecular complexity index is 240. The van der Waals surface area contributed by atoms with Crippen molar-refractivity contribution < 1.29 is 27.9 Å². The van der Waals surface area contributed by atoms with Crippen LogP contribution in [0.2, 0.25) is 0 Å². The smallest absolute Gasteiger partial charge is 0.389 e. The average molecular weight is 227 g/mol. The van der Waals surface area contributed by atoms with Gasteiger partial charge in [-0.05, 0) is 0 Å². The normalized spacial score (nSPS) is 13.3. The molecule has 7 heteroatoms. The molecule has 2 N–H and O–H groups in total. The van der Waals surface area contributed by atoms with Gasteiger partial charge >= 0.3 is 12.1 Å². The molecule has 0 aromatic carbocycles. The zero-order chi connectivity index (χ0) is 12.1. The molecular weight excluding hydrogens is 215 g/mol. The lowest BCUT2D eigenvalue weighted by atomic mass is 10.2. The minimum absolute atomic E-state index is 0.161. The predicted molar refractivity (Wildman–Crippen MR) is 45.1 cm³/mol. The Morgan fingerprint density at radius 2 is 1.93 bits per heavy atom. The summed E-state index contributed by atoms with van der Waals surface area (Å²) in [7, 11) is 0. The number of alkyl halides is 3. The van der Waals surface area contributed by atoms with Gasteiger partial charge in [0.25, 0.3) is 0 Å². The highest BCUT2D eigenvalue weighted by Gasteiger charge is 2.27. The summed E-state index contributed by atoms with van der Waals surface area (Å²) in [5, 5.41) is 10.5. The number of aliphatic carboxylic acids is 1. The van der Waals surface area contributed by atoms with E-state index < -0.39 is 36.8 Å². The van der Waals surface area contributed by atoms with Crippen LogP contribution in [0.25, 0.3) is 0 Å². The largest absolute Gasteiger partial charge is 0.481 e. The van der Waals surface area contributed by atoms with E-state index in [1.165, 1.54) is 6.92 Å². The second kappa shape index (κ2) is 5.57. The molecule has 0 aromatic rings. The number of rotatable bonds is 5. The fourth-order valence-electron chi connectivity index (χ4n) is 0.698. The fourth-order valence-corrected chi connectivity index (χ4v) is 0.698. The summed E-state index contributed by atoms with van der Waals surface area (Å²) in [6.45, 7) is 1.19. The van der Waals surface area contributed by atoms with Gasteiger partial charge in [-0.1, -0.05) is 6.92 Å². The lowest BCUT2D eigenvalue weighted by Crippen LogP contribution is -2.32. The zero-order valence-electron chi connectivity index (χ0n) is 8.10. The van der Waals surface area contributed by atoms with Crippen molar-refractivity contribution in [2.45, 2.75) is 25.9 Å². The van der Waals surface area contributed by atoms with Crippen LogP contribution < -0.4 is 5.32 Å². The van der Waals surface area contributed by atoms with E-state index in [9.17, 15) is 22.8 Å². The molecule has 0 saturated heterocycles. The van der Waals surface area contributed by atoms with E-state index in [1.54, 1.807) is 0 Å². The van der Waals surface area contributed by atoms with Gasteiger partial charge < -0.3 is 10.4 Å². The quantitative estimate of drug-likeness (QED) is 0.740. The van der Waals surface area contributed by atoms with E-state index in [0.29, 0.717) is 0 Å². The number of carbonyl (C=O) groups excluding carboxylic acids is 1. The molecule has 4 nitrogen and oxygen atoms in total. The molecule has 0 spiro atoms. The maximum Gasteiger partial charge on any atom is 0.389 e. The van der Waals surface area contributed by atoms with E-state index in [0.717, 1.165) is 0 Å². The molecule has 0 saturated carbocycles. The maximum atomic E-state index is 11.7. The fraction of sp³-hybridized carbons (Fsp3) is 0.750. The standard InChI is InChI=1S/C8H12F3NO3/c1-5(7(14)15)4-12-6(13)2-3-8(9,10)11/h5H,2-4H2,1H3,(H,12,13)(H,14,15). The second-order valence-corrected chi connectivity index (χ2v) is 3.16. The van der Waals surface area contributed by atoms with Crippen molar-refractivity contribution in [2.75, 3.05) is 6.54 Å². The molecule has 1 amide bonds. The molecule has 1 unspecified atom stereocenters. The first-order valence-corrected chi connectivity index (χ1v) is 4.28. The minimum Gasteiger partial charge on any atom is -0.481 e. The lowest BCUT2D eigenvalue weighted by molar-refractivity contribution is -0.145. The van der Waals surface area contributed by atoms with E-state index in [1.807, 2.05) is 0 Å². The number of carbonyl (C=O) groups is 2. The van der Waals surface area contributed by atoms with Crippen molar-refractivity contribution in [3.63, 3.8) is 0 Å². The van der Waals surface area contributed by atoms with Crippen molar-refractivity contribution in [3.8, 4) is 0 Å². The average Bonchev–Trinajstić information content (AvgIpc) is 2.09. The summed E-state index contributed by atoms with van der Waals surface area (Å²) < 4.78 is 35.0. The number of hydrogen-bond acceptors (Lipinski definition) is 2. The Morgan fingerprint density at radius 3 is 2.33 bits per heavy atom. The first kappa shape index (κ1) is 13.7. The van der Waals surface area contributed by atoms with Gasteiger partial charge in [0.05, 0.1) is 12.3 Å². The highest BCUT2D eigenvalue weighted by Crippen LogP contribution is 2.20. The Kier molecular flexibility index (Phi) is 5.10. The monoisotopic (exact) mass is 227 g/mol. The van der Waals surface area contributed by atoms with Gasteiger partial charge in [0.1, 0.15) is 0 Å². The topological polar surface area (TPSA) is 66.4 Å². The van der Waals surface area contributed by atoms with Crippen LogP contribution >= 0.6 is 0 Å². The number of nitrogens with one attached hydrogen (secondary N) is 1. The SMILES string of the molecule is CC(CNC(=O)CCC(F)(F)F)C(=O)O. The Hall–Kier alpha value is -1.27. The minimum atomic E-state index is -4.37. The molecule has 0 bridgehead atoms. The number of amides is 1. The van der Waals surface area contributed by atoms with Crippen LogP contribution in [-0.2, 0) is 9.59 Å². The van der Waals surface area contributed by atoms with E-state index in [-0.39, 0.29) is 6.54 Å². The van der Waals surface area contributed by atoms with Crippen LogP contribution in [0.1, 0.15) is 19.8 Å². The van der Waals surface area contributed by atoms with Crippen molar-refractivity contribution >= 4 is 11.9 Å². The van der Waals surface area contributed by atoms with E-state index >= 15 is 0 Å². The summed E-state index contributed by atoms with van der Waals surface area (Å²) in [6.07, 6.45) is -6.23. The van der Waals surface area contributed by atoms with Crippen molar-refractivity contribution in [2.24, 2.45) is 5.92 Å². The van der Waals surface area contributed by atoms with Crippen LogP contribution in [0, 0.1) is 5.92 Å². The Labute approximate surface area is 84.5 Å². The molecule has 0 fully saturated rings. The summed E-state index contributed by atoms with van der Waals surface area (Å²) >= 11 is 0. The van der Waals surface area contributed by atoms with Crippen molar-refractivity contribution in [1.29, 1.82) is 0 Å². The van der Waals surface area contributed by atoms with E-state index in [4.69, 9.17) is 5.11 Å². The van der Waals surface area contributed by atoms with Crippen LogP contribution in [-0.4, -0.2) is 29.7 Å². The molecular formula is C8H12F3NO3. The molecule has 0 aromatic heterocycles. The first-order chi connectivity index (χ1) is 6.72. The summed E-state index contributed by atoms with van der Waals surface area (Å²) in [6, 6.07) is 0. The maximum absolute atomic E-state index is 11.7. The summed E-state index contributed by atoms with van der Waals surface area (Å²) in [5.74, 6) is -2.70. The molecule has 0 rings (SSSR count). The van der Waals surface area contributed by atoms with Gasteiger partial charge in [0, 0.05) is 13.0 Å². The molecule has 0 aliphatic carbocycles. The van der Waals surface area contributed by atoms with Gasteiger partial charge in [0.15, 0.2) is 0 Å². The zero-order valence-corrected chi connectivity index (χ0v) is 8.10. The van der Waals surface area contributed by atoms with Gasteiger partial charge in [-0.3, -0.25) is 9.59 Å². The molecule has 0 aliphatic heterocycles. The Balaban J connectivity index is 3.72. The van der Waals surface area contributed by atoms with Crippen molar-refractivity contribution in [1.82, 2.24) is 5.32 Å². The number of carboxylic acids is 1. The molecule has 15 heavy (non-hydrogen) atoms. The summed E-state index contributed by atoms with van der Waals surface area (Å²) in [5.41, 5.74) is 0. The first-order valence-electron chi connectivity index (χ1n) is 4.28. The van der Waals surface area contributed by atoms with Crippen LogP contribution in [0.3, 0.4) is 0 Å². The van der Waals surface area contributed by atoms with E-state index in [2.05, 4.69) is 5.32 Å². The molecule has 0 aliphatic rings. The molecule has 88 valence electrons. The number of hydrogen-bond donors (Lipinski definition) is 2. The third-order valence-corrected chi connectivity index (χ3v) is 1.66. The highest BCUT2D eigenvalue weighted by atomic mass is 19.4. The van der Waals surface area contributed by atoms with Crippen LogP contribution in [0.15, 0.2) is 0 Å². The number of halogens is 3. The predicted octanol–water partition coefficient (Wildman–Crippen LogP) is 1.17. The van der Waals surface area contributed by atoms with Crippen LogP contribution in [0.4, 0.5) is 13.2 Å². The third kappa shape index (κ3) is 7.77. The molecule has 0 radical (unpaired) electrons. The van der Waals surface area contributed by atoms with Gasteiger partial charge in [-0.2, -0.15) is 13.2 Å². The van der Waals surface area contributed by atoms with Gasteiger partial charge in [0.2, 0.25) is 5.91 Å². The third-order valence-electron chi connectivity index (χ3n) is 1.66. The molecule has 0 heterocycles.